The van der Waals surface area contributed by atoms with Crippen molar-refractivity contribution in [1.82, 2.24) is 19.5 Å². The summed E-state index contributed by atoms with van der Waals surface area (Å²) in [7, 11) is 0. The maximum absolute atomic E-state index is 13.8. The average molecular weight is 491 g/mol. The van der Waals surface area contributed by atoms with Gasteiger partial charge in [0.2, 0.25) is 0 Å². The molecule has 176 valence electrons. The number of fused-ring (bicyclic) bond motifs is 1. The summed E-state index contributed by atoms with van der Waals surface area (Å²) in [4.78, 5) is 20.2. The van der Waals surface area contributed by atoms with Crippen molar-refractivity contribution in [1.29, 1.82) is 0 Å². The Hall–Kier alpha value is -3.37. The predicted octanol–water partition coefficient (Wildman–Crippen LogP) is 3.20. The van der Waals surface area contributed by atoms with Crippen LogP contribution in [0, 0.1) is 0 Å². The van der Waals surface area contributed by atoms with Crippen molar-refractivity contribution in [2.24, 2.45) is 0 Å². The van der Waals surface area contributed by atoms with Gasteiger partial charge in [-0.15, -0.1) is 0 Å². The number of amides is 1. The van der Waals surface area contributed by atoms with Gasteiger partial charge in [0.25, 0.3) is 5.91 Å². The predicted molar refractivity (Wildman–Crippen MR) is 117 cm³/mol. The summed E-state index contributed by atoms with van der Waals surface area (Å²) in [6.45, 7) is 3.15. The number of quaternary nitrogens is 1. The van der Waals surface area contributed by atoms with Crippen LogP contribution >= 0.6 is 11.6 Å². The lowest BCUT2D eigenvalue weighted by Gasteiger charge is -2.31. The molecule has 0 spiro atoms. The molecule has 0 bridgehead atoms. The number of nitrogens with zero attached hydrogens (tertiary/aromatic N) is 4. The van der Waals surface area contributed by atoms with E-state index in [4.69, 9.17) is 16.0 Å². The van der Waals surface area contributed by atoms with E-state index in [-0.39, 0.29) is 27.8 Å². The third-order valence-corrected chi connectivity index (χ3v) is 6.20. The highest BCUT2D eigenvalue weighted by molar-refractivity contribution is 6.36. The maximum atomic E-state index is 13.8. The van der Waals surface area contributed by atoms with Gasteiger partial charge in [-0.05, 0) is 18.2 Å². The number of hydrogen-bond acceptors (Lipinski definition) is 4. The van der Waals surface area contributed by atoms with Crippen LogP contribution in [0.3, 0.4) is 0 Å². The summed E-state index contributed by atoms with van der Waals surface area (Å²) >= 11 is 6.37. The number of alkyl halides is 3. The lowest BCUT2D eigenvalue weighted by atomic mass is 10.2. The van der Waals surface area contributed by atoms with Crippen molar-refractivity contribution in [3.05, 3.63) is 76.8 Å². The molecule has 1 fully saturated rings. The first-order valence-corrected chi connectivity index (χ1v) is 11.1. The van der Waals surface area contributed by atoms with Crippen LogP contribution in [0.1, 0.15) is 21.7 Å². The minimum absolute atomic E-state index is 0.0521. The zero-order chi connectivity index (χ0) is 23.9. The molecule has 0 atom stereocenters. The molecule has 1 saturated heterocycles. The number of nitrogens with one attached hydrogen (secondary N) is 1. The normalized spacial score (nSPS) is 15.2. The molecule has 0 aliphatic carbocycles. The SMILES string of the molecule is O=C(c1nn2c(C(F)(F)F)cc(-c3ccco3)nc2c1Cl)N1CC[NH+](Cc2ccccc2)CC1. The Labute approximate surface area is 197 Å². The molecule has 4 heterocycles. The molecule has 0 saturated carbocycles. The Bertz CT molecular complexity index is 1310. The highest BCUT2D eigenvalue weighted by Gasteiger charge is 2.37. The number of benzene rings is 1. The van der Waals surface area contributed by atoms with Gasteiger partial charge < -0.3 is 14.2 Å². The average Bonchev–Trinajstić information content (AvgIpc) is 3.47. The van der Waals surface area contributed by atoms with Crippen LogP contribution in [0.5, 0.6) is 0 Å². The Morgan fingerprint density at radius 2 is 1.85 bits per heavy atom. The topological polar surface area (TPSA) is 68.1 Å². The van der Waals surface area contributed by atoms with Gasteiger partial charge in [0.15, 0.2) is 22.8 Å². The van der Waals surface area contributed by atoms with Crippen molar-refractivity contribution < 1.29 is 27.3 Å². The van der Waals surface area contributed by atoms with Crippen LogP contribution in [0.15, 0.2) is 59.2 Å². The number of rotatable bonds is 4. The standard InChI is InChI=1S/C23H19ClF3N5O2/c24-19-20(22(33)31-10-8-30(9-11-31)14-15-5-2-1-3-6-15)29-32-18(23(25,26)27)13-16(28-21(19)32)17-7-4-12-34-17/h1-7,12-13H,8-11,14H2/p+1. The van der Waals surface area contributed by atoms with E-state index in [1.165, 1.54) is 22.8 Å². The van der Waals surface area contributed by atoms with E-state index in [1.54, 1.807) is 11.0 Å². The molecule has 7 nitrogen and oxygen atoms in total. The van der Waals surface area contributed by atoms with Crippen LogP contribution in [-0.4, -0.2) is 51.6 Å². The molecule has 1 amide bonds. The maximum Gasteiger partial charge on any atom is 0.433 e. The van der Waals surface area contributed by atoms with Crippen molar-refractivity contribution >= 4 is 23.2 Å². The zero-order valence-electron chi connectivity index (χ0n) is 17.8. The number of piperazine rings is 1. The van der Waals surface area contributed by atoms with Gasteiger partial charge in [0.1, 0.15) is 17.3 Å². The fourth-order valence-corrected chi connectivity index (χ4v) is 4.36. The first-order chi connectivity index (χ1) is 16.3. The number of aromatic nitrogens is 3. The smallest absolute Gasteiger partial charge is 0.433 e. The lowest BCUT2D eigenvalue weighted by Crippen LogP contribution is -3.13. The van der Waals surface area contributed by atoms with E-state index in [0.717, 1.165) is 12.6 Å². The quantitative estimate of drug-likeness (QED) is 0.477. The molecule has 1 N–H and O–H groups in total. The molecule has 5 rings (SSSR count). The molecular formula is C23H20ClF3N5O2+. The van der Waals surface area contributed by atoms with Gasteiger partial charge in [0.05, 0.1) is 32.4 Å². The highest BCUT2D eigenvalue weighted by atomic mass is 35.5. The highest BCUT2D eigenvalue weighted by Crippen LogP contribution is 2.34. The van der Waals surface area contributed by atoms with Crippen molar-refractivity contribution in [2.45, 2.75) is 12.7 Å². The van der Waals surface area contributed by atoms with Gasteiger partial charge in [0, 0.05) is 5.56 Å². The van der Waals surface area contributed by atoms with Gasteiger partial charge in [-0.2, -0.15) is 18.3 Å². The van der Waals surface area contributed by atoms with E-state index >= 15 is 0 Å². The van der Waals surface area contributed by atoms with Crippen molar-refractivity contribution in [2.75, 3.05) is 26.2 Å². The molecule has 1 aliphatic rings. The molecule has 1 aliphatic heterocycles. The number of furan rings is 1. The number of halogens is 4. The van der Waals surface area contributed by atoms with Gasteiger partial charge in [-0.1, -0.05) is 41.9 Å². The third-order valence-electron chi connectivity index (χ3n) is 5.85. The van der Waals surface area contributed by atoms with Gasteiger partial charge >= 0.3 is 6.18 Å². The van der Waals surface area contributed by atoms with E-state index in [2.05, 4.69) is 22.2 Å². The van der Waals surface area contributed by atoms with Crippen LogP contribution in [0.2, 0.25) is 5.02 Å². The Morgan fingerprint density at radius 3 is 2.50 bits per heavy atom. The third kappa shape index (κ3) is 4.26. The van der Waals surface area contributed by atoms with Crippen molar-refractivity contribution in [3.8, 4) is 11.5 Å². The van der Waals surface area contributed by atoms with Gasteiger partial charge in [-0.25, -0.2) is 9.50 Å². The van der Waals surface area contributed by atoms with Crippen LogP contribution in [0.25, 0.3) is 17.1 Å². The molecule has 0 radical (unpaired) electrons. The summed E-state index contributed by atoms with van der Waals surface area (Å²) < 4.78 is 47.2. The fraction of sp³-hybridized carbons (Fsp3) is 0.261. The van der Waals surface area contributed by atoms with Crippen LogP contribution in [0.4, 0.5) is 13.2 Å². The zero-order valence-corrected chi connectivity index (χ0v) is 18.6. The number of carbonyl (C=O) groups excluding carboxylic acids is 1. The Morgan fingerprint density at radius 1 is 1.12 bits per heavy atom. The summed E-state index contributed by atoms with van der Waals surface area (Å²) in [5, 5.41) is 3.72. The molecule has 0 unspecified atom stereocenters. The molecule has 1 aromatic carbocycles. The monoisotopic (exact) mass is 490 g/mol. The van der Waals surface area contributed by atoms with Crippen LogP contribution in [-0.2, 0) is 12.7 Å². The molecule has 3 aromatic heterocycles. The van der Waals surface area contributed by atoms with E-state index in [9.17, 15) is 18.0 Å². The lowest BCUT2D eigenvalue weighted by molar-refractivity contribution is -0.917. The summed E-state index contributed by atoms with van der Waals surface area (Å²) in [5.41, 5.74) is -0.438. The first-order valence-electron chi connectivity index (χ1n) is 10.7. The van der Waals surface area contributed by atoms with E-state index in [0.29, 0.717) is 30.7 Å². The molecule has 34 heavy (non-hydrogen) atoms. The largest absolute Gasteiger partial charge is 0.463 e. The number of hydrogen-bond donors (Lipinski definition) is 1. The summed E-state index contributed by atoms with van der Waals surface area (Å²) in [6.07, 6.45) is -3.41. The second kappa shape index (κ2) is 8.77. The Balaban J connectivity index is 1.41. The first kappa shape index (κ1) is 22.4. The number of carbonyl (C=O) groups is 1. The molecule has 11 heteroatoms. The minimum atomic E-state index is -4.75. The minimum Gasteiger partial charge on any atom is -0.463 e. The second-order valence-corrected chi connectivity index (χ2v) is 8.48. The van der Waals surface area contributed by atoms with E-state index in [1.807, 2.05) is 18.2 Å². The molecule has 4 aromatic rings. The molecular weight excluding hydrogens is 471 g/mol. The summed E-state index contributed by atoms with van der Waals surface area (Å²) in [6, 6.07) is 13.9. The summed E-state index contributed by atoms with van der Waals surface area (Å²) in [5.74, 6) is -0.363. The Kier molecular flexibility index (Phi) is 5.78. The fourth-order valence-electron chi connectivity index (χ4n) is 4.12. The van der Waals surface area contributed by atoms with Crippen molar-refractivity contribution in [3.63, 3.8) is 0 Å². The van der Waals surface area contributed by atoms with Crippen LogP contribution < -0.4 is 4.90 Å². The van der Waals surface area contributed by atoms with E-state index < -0.39 is 17.8 Å². The van der Waals surface area contributed by atoms with Gasteiger partial charge in [-0.3, -0.25) is 4.79 Å². The second-order valence-electron chi connectivity index (χ2n) is 8.10.